The zero-order chi connectivity index (χ0) is 20.8. The Hall–Kier alpha value is -2.31. The molecule has 2 N–H and O–H groups in total. The second kappa shape index (κ2) is 9.94. The van der Waals surface area contributed by atoms with Gasteiger partial charge in [0.05, 0.1) is 6.04 Å². The molecule has 6 nitrogen and oxygen atoms in total. The molecule has 1 atom stereocenters. The van der Waals surface area contributed by atoms with Crippen molar-refractivity contribution in [1.29, 1.82) is 0 Å². The highest BCUT2D eigenvalue weighted by atomic mass is 35.5. The normalized spacial score (nSPS) is 16.1. The van der Waals surface area contributed by atoms with Crippen LogP contribution >= 0.6 is 11.6 Å². The third kappa shape index (κ3) is 5.40. The van der Waals surface area contributed by atoms with Crippen LogP contribution in [-0.4, -0.2) is 40.9 Å². The third-order valence-corrected chi connectivity index (χ3v) is 5.99. The van der Waals surface area contributed by atoms with Gasteiger partial charge < -0.3 is 15.2 Å². The third-order valence-electron chi connectivity index (χ3n) is 5.58. The summed E-state index contributed by atoms with van der Waals surface area (Å²) in [4.78, 5) is 27.3. The van der Waals surface area contributed by atoms with Crippen molar-refractivity contribution in [2.75, 3.05) is 25.0 Å². The largest absolute Gasteiger partial charge is 0.353 e. The second-order valence-corrected chi connectivity index (χ2v) is 7.99. The molecule has 2 amide bonds. The van der Waals surface area contributed by atoms with Gasteiger partial charge in [-0.15, -0.1) is 0 Å². The number of nitrogens with one attached hydrogen (secondary N) is 2. The minimum absolute atomic E-state index is 0.0396. The van der Waals surface area contributed by atoms with Gasteiger partial charge in [0, 0.05) is 36.2 Å². The Kier molecular flexibility index (Phi) is 7.34. The number of aromatic nitrogens is 1. The molecule has 29 heavy (non-hydrogen) atoms. The van der Waals surface area contributed by atoms with Crippen LogP contribution in [0.1, 0.15) is 43.0 Å². The van der Waals surface area contributed by atoms with Crippen molar-refractivity contribution in [3.8, 4) is 0 Å². The van der Waals surface area contributed by atoms with Crippen LogP contribution in [0.15, 0.2) is 36.5 Å². The van der Waals surface area contributed by atoms with E-state index in [0.717, 1.165) is 37.2 Å². The van der Waals surface area contributed by atoms with Crippen molar-refractivity contribution in [2.24, 2.45) is 7.05 Å². The zero-order valence-corrected chi connectivity index (χ0v) is 17.8. The Morgan fingerprint density at radius 1 is 1.07 bits per heavy atom. The summed E-state index contributed by atoms with van der Waals surface area (Å²) in [7, 11) is 2.01. The molecule has 1 aliphatic heterocycles. The number of rotatable bonds is 5. The topological polar surface area (TPSA) is 66.4 Å². The average Bonchev–Trinajstić information content (AvgIpc) is 2.95. The molecule has 0 radical (unpaired) electrons. The summed E-state index contributed by atoms with van der Waals surface area (Å²) in [5, 5.41) is 6.04. The number of anilines is 1. The van der Waals surface area contributed by atoms with Crippen LogP contribution < -0.4 is 10.6 Å². The van der Waals surface area contributed by atoms with Crippen LogP contribution in [0.25, 0.3) is 0 Å². The Bertz CT molecular complexity index is 856. The number of hydrogen-bond acceptors (Lipinski definition) is 3. The molecule has 0 aliphatic carbocycles. The molecule has 7 heteroatoms. The summed E-state index contributed by atoms with van der Waals surface area (Å²) < 4.78 is 2.08. The lowest BCUT2D eigenvalue weighted by Gasteiger charge is -2.31. The van der Waals surface area contributed by atoms with Gasteiger partial charge in [0.1, 0.15) is 0 Å². The number of carbonyl (C=O) groups excluding carboxylic acids is 2. The molecule has 1 aromatic heterocycles. The van der Waals surface area contributed by atoms with E-state index in [9.17, 15) is 9.59 Å². The van der Waals surface area contributed by atoms with E-state index in [2.05, 4.69) is 26.2 Å². The predicted molar refractivity (Wildman–Crippen MR) is 116 cm³/mol. The number of hydrogen-bond donors (Lipinski definition) is 2. The van der Waals surface area contributed by atoms with Gasteiger partial charge in [-0.05, 0) is 62.7 Å². The molecule has 0 spiro atoms. The maximum Gasteiger partial charge on any atom is 0.313 e. The number of carbonyl (C=O) groups is 2. The van der Waals surface area contributed by atoms with Gasteiger partial charge in [0.2, 0.25) is 0 Å². The molecule has 2 heterocycles. The van der Waals surface area contributed by atoms with E-state index in [4.69, 9.17) is 11.6 Å². The van der Waals surface area contributed by atoms with Gasteiger partial charge >= 0.3 is 11.8 Å². The molecule has 156 valence electrons. The molecule has 2 aromatic rings. The molecular formula is C22H29ClN4O2. The highest BCUT2D eigenvalue weighted by Gasteiger charge is 2.25. The SMILES string of the molecule is Cc1c(Cl)cccc1NC(=O)C(=O)NCC(c1cccn1C)N1CCCCCC1. The molecule has 0 bridgehead atoms. The molecule has 1 aliphatic rings. The van der Waals surface area contributed by atoms with Crippen LogP contribution in [0.4, 0.5) is 5.69 Å². The number of benzene rings is 1. The molecule has 1 fully saturated rings. The number of likely N-dealkylation sites (tertiary alicyclic amines) is 1. The van der Waals surface area contributed by atoms with E-state index in [0.29, 0.717) is 17.3 Å². The fourth-order valence-electron chi connectivity index (χ4n) is 3.84. The molecule has 1 aromatic carbocycles. The summed E-state index contributed by atoms with van der Waals surface area (Å²) in [6, 6.07) is 9.36. The Balaban J connectivity index is 1.66. The van der Waals surface area contributed by atoms with Crippen molar-refractivity contribution in [2.45, 2.75) is 38.6 Å². The molecule has 3 rings (SSSR count). The van der Waals surface area contributed by atoms with Crippen LogP contribution in [0.3, 0.4) is 0 Å². The Morgan fingerprint density at radius 2 is 1.79 bits per heavy atom. The van der Waals surface area contributed by atoms with Gasteiger partial charge in [-0.25, -0.2) is 0 Å². The van der Waals surface area contributed by atoms with Crippen molar-refractivity contribution in [3.63, 3.8) is 0 Å². The lowest BCUT2D eigenvalue weighted by atomic mass is 10.1. The van der Waals surface area contributed by atoms with Gasteiger partial charge in [-0.1, -0.05) is 30.5 Å². The maximum atomic E-state index is 12.5. The van der Waals surface area contributed by atoms with Gasteiger partial charge in [0.25, 0.3) is 0 Å². The molecule has 0 saturated carbocycles. The van der Waals surface area contributed by atoms with Crippen LogP contribution in [0.2, 0.25) is 5.02 Å². The van der Waals surface area contributed by atoms with E-state index in [-0.39, 0.29) is 6.04 Å². The quantitative estimate of drug-likeness (QED) is 0.731. The number of aryl methyl sites for hydroxylation is 1. The Labute approximate surface area is 177 Å². The lowest BCUT2D eigenvalue weighted by Crippen LogP contribution is -2.43. The maximum absolute atomic E-state index is 12.5. The van der Waals surface area contributed by atoms with Crippen LogP contribution in [0.5, 0.6) is 0 Å². The van der Waals surface area contributed by atoms with E-state index in [1.54, 1.807) is 25.1 Å². The first-order valence-corrected chi connectivity index (χ1v) is 10.5. The Morgan fingerprint density at radius 3 is 2.45 bits per heavy atom. The monoisotopic (exact) mass is 416 g/mol. The van der Waals surface area contributed by atoms with Crippen LogP contribution in [0, 0.1) is 6.92 Å². The molecule has 1 saturated heterocycles. The molecular weight excluding hydrogens is 388 g/mol. The van der Waals surface area contributed by atoms with Crippen molar-refractivity contribution >= 4 is 29.1 Å². The van der Waals surface area contributed by atoms with E-state index in [1.807, 2.05) is 19.3 Å². The highest BCUT2D eigenvalue weighted by Crippen LogP contribution is 2.25. The van der Waals surface area contributed by atoms with Crippen molar-refractivity contribution in [1.82, 2.24) is 14.8 Å². The smallest absolute Gasteiger partial charge is 0.313 e. The summed E-state index contributed by atoms with van der Waals surface area (Å²) in [5.74, 6) is -1.32. The van der Waals surface area contributed by atoms with E-state index in [1.165, 1.54) is 12.8 Å². The van der Waals surface area contributed by atoms with Crippen molar-refractivity contribution in [3.05, 3.63) is 52.8 Å². The van der Waals surface area contributed by atoms with Crippen molar-refractivity contribution < 1.29 is 9.59 Å². The second-order valence-electron chi connectivity index (χ2n) is 7.59. The highest BCUT2D eigenvalue weighted by molar-refractivity contribution is 6.40. The van der Waals surface area contributed by atoms with Gasteiger partial charge in [-0.3, -0.25) is 14.5 Å². The zero-order valence-electron chi connectivity index (χ0n) is 17.1. The average molecular weight is 417 g/mol. The minimum Gasteiger partial charge on any atom is -0.353 e. The lowest BCUT2D eigenvalue weighted by molar-refractivity contribution is -0.136. The summed E-state index contributed by atoms with van der Waals surface area (Å²) in [5.41, 5.74) is 2.42. The first-order valence-electron chi connectivity index (χ1n) is 10.2. The predicted octanol–water partition coefficient (Wildman–Crippen LogP) is 3.66. The van der Waals surface area contributed by atoms with E-state index < -0.39 is 11.8 Å². The minimum atomic E-state index is -0.683. The fourth-order valence-corrected chi connectivity index (χ4v) is 4.01. The first kappa shape index (κ1) is 21.4. The molecule has 1 unspecified atom stereocenters. The van der Waals surface area contributed by atoms with Crippen LogP contribution in [-0.2, 0) is 16.6 Å². The first-order chi connectivity index (χ1) is 14.0. The van der Waals surface area contributed by atoms with Gasteiger partial charge in [0.15, 0.2) is 0 Å². The fraction of sp³-hybridized carbons (Fsp3) is 0.455. The number of halogens is 1. The number of nitrogens with zero attached hydrogens (tertiary/aromatic N) is 2. The van der Waals surface area contributed by atoms with E-state index >= 15 is 0 Å². The summed E-state index contributed by atoms with van der Waals surface area (Å²) in [6.07, 6.45) is 6.80. The summed E-state index contributed by atoms with van der Waals surface area (Å²) >= 11 is 6.09. The summed E-state index contributed by atoms with van der Waals surface area (Å²) in [6.45, 7) is 4.19. The van der Waals surface area contributed by atoms with Gasteiger partial charge in [-0.2, -0.15) is 0 Å². The number of amides is 2. The standard InChI is InChI=1S/C22H29ClN4O2/c1-16-17(23)9-7-10-18(16)25-22(29)21(28)24-15-20(19-11-8-12-26(19)2)27-13-5-3-4-6-14-27/h7-12,20H,3-6,13-15H2,1-2H3,(H,24,28)(H,25,29).